The topological polar surface area (TPSA) is 84.2 Å². The highest BCUT2D eigenvalue weighted by Crippen LogP contribution is 2.30. The molecule has 2 fully saturated rings. The van der Waals surface area contributed by atoms with Gasteiger partial charge in [0, 0.05) is 29.3 Å². The fourth-order valence-electron chi connectivity index (χ4n) is 2.86. The summed E-state index contributed by atoms with van der Waals surface area (Å²) in [6.45, 7) is 0. The predicted octanol–water partition coefficient (Wildman–Crippen LogP) is 2.03. The summed E-state index contributed by atoms with van der Waals surface area (Å²) >= 11 is 0. The fourth-order valence-corrected chi connectivity index (χ4v) is 2.86. The number of anilines is 1. The fraction of sp³-hybridized carbons (Fsp3) is 0.529. The van der Waals surface area contributed by atoms with E-state index in [4.69, 9.17) is 5.73 Å². The Morgan fingerprint density at radius 1 is 1.05 bits per heavy atom. The molecule has 3 rings (SSSR count). The molecule has 0 bridgehead atoms. The van der Waals surface area contributed by atoms with Crippen LogP contribution in [0.3, 0.4) is 0 Å². The lowest BCUT2D eigenvalue weighted by Gasteiger charge is -2.26. The van der Waals surface area contributed by atoms with E-state index in [1.807, 2.05) is 6.07 Å². The molecule has 5 nitrogen and oxygen atoms in total. The summed E-state index contributed by atoms with van der Waals surface area (Å²) in [5.41, 5.74) is 7.16. The Hall–Kier alpha value is -1.88. The van der Waals surface area contributed by atoms with Gasteiger partial charge in [-0.15, -0.1) is 0 Å². The highest BCUT2D eigenvalue weighted by atomic mass is 16.2. The zero-order valence-corrected chi connectivity index (χ0v) is 12.7. The molecule has 0 unspecified atom stereocenters. The lowest BCUT2D eigenvalue weighted by Crippen LogP contribution is -2.40. The monoisotopic (exact) mass is 301 g/mol. The first-order chi connectivity index (χ1) is 10.6. The average Bonchev–Trinajstić information content (AvgIpc) is 3.34. The van der Waals surface area contributed by atoms with Gasteiger partial charge in [-0.05, 0) is 56.7 Å². The van der Waals surface area contributed by atoms with Crippen LogP contribution in [0.1, 0.15) is 48.9 Å². The average molecular weight is 301 g/mol. The third-order valence-corrected chi connectivity index (χ3v) is 4.45. The van der Waals surface area contributed by atoms with Crippen molar-refractivity contribution in [2.75, 3.05) is 5.32 Å². The van der Waals surface area contributed by atoms with Gasteiger partial charge in [0.25, 0.3) is 5.91 Å². The highest BCUT2D eigenvalue weighted by Gasteiger charge is 2.29. The van der Waals surface area contributed by atoms with E-state index in [2.05, 4.69) is 10.6 Å². The molecule has 0 radical (unpaired) electrons. The van der Waals surface area contributed by atoms with Gasteiger partial charge in [-0.3, -0.25) is 9.59 Å². The van der Waals surface area contributed by atoms with Gasteiger partial charge in [0.05, 0.1) is 0 Å². The maximum atomic E-state index is 12.3. The summed E-state index contributed by atoms with van der Waals surface area (Å²) in [5, 5.41) is 5.94. The van der Waals surface area contributed by atoms with Crippen molar-refractivity contribution in [3.8, 4) is 0 Å². The van der Waals surface area contributed by atoms with Crippen molar-refractivity contribution in [1.82, 2.24) is 5.32 Å². The molecular weight excluding hydrogens is 278 g/mol. The molecule has 22 heavy (non-hydrogen) atoms. The quantitative estimate of drug-likeness (QED) is 0.795. The Kier molecular flexibility index (Phi) is 4.43. The molecule has 4 N–H and O–H groups in total. The maximum Gasteiger partial charge on any atom is 0.251 e. The second-order valence-electron chi connectivity index (χ2n) is 6.43. The molecule has 2 saturated carbocycles. The lowest BCUT2D eigenvalue weighted by atomic mass is 9.91. The minimum absolute atomic E-state index is 0.0545. The predicted molar refractivity (Wildman–Crippen MR) is 85.5 cm³/mol. The minimum Gasteiger partial charge on any atom is -0.349 e. The second-order valence-corrected chi connectivity index (χ2v) is 6.43. The summed E-state index contributed by atoms with van der Waals surface area (Å²) in [7, 11) is 0. The number of nitrogens with two attached hydrogens (primary N) is 1. The third kappa shape index (κ3) is 3.85. The maximum absolute atomic E-state index is 12.3. The van der Waals surface area contributed by atoms with Crippen molar-refractivity contribution in [2.45, 2.75) is 50.6 Å². The standard InChI is InChI=1S/C17H23N3O2/c18-13-6-8-14(9-7-13)19-17(22)12-2-1-3-15(10-12)20-16(21)11-4-5-11/h1-3,10-11,13-14H,4-9,18H2,(H,19,22)(H,20,21). The normalized spacial score (nSPS) is 24.6. The first kappa shape index (κ1) is 15.0. The third-order valence-electron chi connectivity index (χ3n) is 4.45. The van der Waals surface area contributed by atoms with E-state index in [1.54, 1.807) is 18.2 Å². The van der Waals surface area contributed by atoms with Crippen LogP contribution in [-0.2, 0) is 4.79 Å². The van der Waals surface area contributed by atoms with Crippen molar-refractivity contribution in [1.29, 1.82) is 0 Å². The van der Waals surface area contributed by atoms with Gasteiger partial charge in [0.1, 0.15) is 0 Å². The zero-order chi connectivity index (χ0) is 15.5. The number of rotatable bonds is 4. The summed E-state index contributed by atoms with van der Waals surface area (Å²) in [6, 6.07) is 7.61. The van der Waals surface area contributed by atoms with Gasteiger partial charge in [0.15, 0.2) is 0 Å². The van der Waals surface area contributed by atoms with Crippen LogP contribution in [0.2, 0.25) is 0 Å². The van der Waals surface area contributed by atoms with Crippen molar-refractivity contribution in [2.24, 2.45) is 11.7 Å². The van der Waals surface area contributed by atoms with Crippen LogP contribution in [-0.4, -0.2) is 23.9 Å². The minimum atomic E-state index is -0.0806. The number of nitrogens with one attached hydrogen (secondary N) is 2. The Bertz CT molecular complexity index is 561. The lowest BCUT2D eigenvalue weighted by molar-refractivity contribution is -0.117. The van der Waals surface area contributed by atoms with Gasteiger partial charge in [-0.1, -0.05) is 6.07 Å². The SMILES string of the molecule is NC1CCC(NC(=O)c2cccc(NC(=O)C3CC3)c2)CC1. The molecule has 1 aromatic carbocycles. The smallest absolute Gasteiger partial charge is 0.251 e. The molecule has 5 heteroatoms. The number of carbonyl (C=O) groups is 2. The molecule has 0 heterocycles. The van der Waals surface area contributed by atoms with Crippen molar-refractivity contribution in [3.63, 3.8) is 0 Å². The number of hydrogen-bond acceptors (Lipinski definition) is 3. The van der Waals surface area contributed by atoms with E-state index in [1.165, 1.54) is 0 Å². The van der Waals surface area contributed by atoms with Gasteiger partial charge < -0.3 is 16.4 Å². The highest BCUT2D eigenvalue weighted by molar-refractivity contribution is 5.98. The molecule has 118 valence electrons. The van der Waals surface area contributed by atoms with Crippen molar-refractivity contribution < 1.29 is 9.59 Å². The Labute approximate surface area is 130 Å². The number of carbonyl (C=O) groups excluding carboxylic acids is 2. The van der Waals surface area contributed by atoms with Crippen LogP contribution in [0, 0.1) is 5.92 Å². The Morgan fingerprint density at radius 3 is 2.45 bits per heavy atom. The van der Waals surface area contributed by atoms with Crippen molar-refractivity contribution in [3.05, 3.63) is 29.8 Å². The van der Waals surface area contributed by atoms with Crippen LogP contribution >= 0.6 is 0 Å². The number of amides is 2. The van der Waals surface area contributed by atoms with Crippen LogP contribution < -0.4 is 16.4 Å². The molecule has 1 aromatic rings. The molecule has 2 amide bonds. The van der Waals surface area contributed by atoms with Crippen LogP contribution in [0.25, 0.3) is 0 Å². The largest absolute Gasteiger partial charge is 0.349 e. The summed E-state index contributed by atoms with van der Waals surface area (Å²) in [4.78, 5) is 24.1. The number of benzene rings is 1. The Balaban J connectivity index is 1.58. The first-order valence-electron chi connectivity index (χ1n) is 8.09. The van der Waals surface area contributed by atoms with Crippen molar-refractivity contribution >= 4 is 17.5 Å². The summed E-state index contributed by atoms with van der Waals surface area (Å²) in [5.74, 6) is 0.130. The van der Waals surface area contributed by atoms with E-state index in [-0.39, 0.29) is 29.8 Å². The summed E-state index contributed by atoms with van der Waals surface area (Å²) in [6.07, 6.45) is 5.73. The van der Waals surface area contributed by atoms with Crippen LogP contribution in [0.15, 0.2) is 24.3 Å². The molecular formula is C17H23N3O2. The molecule has 0 atom stereocenters. The second kappa shape index (κ2) is 6.48. The van der Waals surface area contributed by atoms with Gasteiger partial charge >= 0.3 is 0 Å². The Morgan fingerprint density at radius 2 is 1.77 bits per heavy atom. The van der Waals surface area contributed by atoms with E-state index in [9.17, 15) is 9.59 Å². The molecule has 0 spiro atoms. The molecule has 2 aliphatic rings. The van der Waals surface area contributed by atoms with Crippen LogP contribution in [0.5, 0.6) is 0 Å². The van der Waals surface area contributed by atoms with Gasteiger partial charge in [0.2, 0.25) is 5.91 Å². The molecule has 2 aliphatic carbocycles. The molecule has 0 aliphatic heterocycles. The first-order valence-corrected chi connectivity index (χ1v) is 8.09. The van der Waals surface area contributed by atoms with Crippen LogP contribution in [0.4, 0.5) is 5.69 Å². The summed E-state index contributed by atoms with van der Waals surface area (Å²) < 4.78 is 0. The van der Waals surface area contributed by atoms with E-state index < -0.39 is 0 Å². The van der Waals surface area contributed by atoms with E-state index >= 15 is 0 Å². The van der Waals surface area contributed by atoms with E-state index in [0.29, 0.717) is 11.3 Å². The van der Waals surface area contributed by atoms with Gasteiger partial charge in [-0.25, -0.2) is 0 Å². The van der Waals surface area contributed by atoms with E-state index in [0.717, 1.165) is 38.5 Å². The molecule has 0 aromatic heterocycles. The van der Waals surface area contributed by atoms with Gasteiger partial charge in [-0.2, -0.15) is 0 Å². The molecule has 0 saturated heterocycles. The zero-order valence-electron chi connectivity index (χ0n) is 12.7. The number of hydrogen-bond donors (Lipinski definition) is 3.